The molecule has 21 heavy (non-hydrogen) atoms. The number of aromatic nitrogens is 3. The first-order valence-corrected chi connectivity index (χ1v) is 7.47. The lowest BCUT2D eigenvalue weighted by Crippen LogP contribution is -2.20. The average molecular weight is 288 g/mol. The Hall–Kier alpha value is -2.11. The van der Waals surface area contributed by atoms with Crippen molar-refractivity contribution < 1.29 is 9.90 Å². The summed E-state index contributed by atoms with van der Waals surface area (Å²) in [4.78, 5) is 15.7. The first-order chi connectivity index (χ1) is 10.2. The summed E-state index contributed by atoms with van der Waals surface area (Å²) >= 11 is 0. The number of hydrogen-bond donors (Lipinski definition) is 2. The van der Waals surface area contributed by atoms with E-state index in [1.54, 1.807) is 10.9 Å². The highest BCUT2D eigenvalue weighted by Gasteiger charge is 2.20. The van der Waals surface area contributed by atoms with Crippen molar-refractivity contribution in [2.24, 2.45) is 7.05 Å². The highest BCUT2D eigenvalue weighted by molar-refractivity contribution is 6.03. The van der Waals surface area contributed by atoms with Gasteiger partial charge < -0.3 is 10.4 Å². The van der Waals surface area contributed by atoms with Crippen LogP contribution in [0.15, 0.2) is 12.4 Å². The van der Waals surface area contributed by atoms with E-state index in [2.05, 4.69) is 15.4 Å². The van der Waals surface area contributed by atoms with Gasteiger partial charge in [0.25, 0.3) is 0 Å². The zero-order chi connectivity index (χ0) is 14.8. The van der Waals surface area contributed by atoms with Gasteiger partial charge in [0.1, 0.15) is 5.56 Å². The summed E-state index contributed by atoms with van der Waals surface area (Å²) in [5.74, 6) is -0.954. The van der Waals surface area contributed by atoms with Gasteiger partial charge in [-0.15, -0.1) is 0 Å². The predicted molar refractivity (Wildman–Crippen MR) is 80.6 cm³/mol. The van der Waals surface area contributed by atoms with Gasteiger partial charge >= 0.3 is 5.97 Å². The number of pyridine rings is 1. The van der Waals surface area contributed by atoms with Crippen LogP contribution in [0.3, 0.4) is 0 Å². The Morgan fingerprint density at radius 2 is 2.00 bits per heavy atom. The van der Waals surface area contributed by atoms with E-state index < -0.39 is 5.97 Å². The van der Waals surface area contributed by atoms with E-state index in [4.69, 9.17) is 0 Å². The second kappa shape index (κ2) is 5.71. The molecule has 112 valence electrons. The third-order valence-corrected chi connectivity index (χ3v) is 4.20. The van der Waals surface area contributed by atoms with Crippen LogP contribution >= 0.6 is 0 Å². The minimum absolute atomic E-state index is 0.222. The molecule has 2 N–H and O–H groups in total. The topological polar surface area (TPSA) is 80.0 Å². The van der Waals surface area contributed by atoms with E-state index in [-0.39, 0.29) is 5.56 Å². The zero-order valence-corrected chi connectivity index (χ0v) is 12.2. The lowest BCUT2D eigenvalue weighted by atomic mass is 10.1. The van der Waals surface area contributed by atoms with Crippen molar-refractivity contribution in [2.45, 2.75) is 44.6 Å². The summed E-state index contributed by atoms with van der Waals surface area (Å²) in [5.41, 5.74) is 1.59. The summed E-state index contributed by atoms with van der Waals surface area (Å²) in [7, 11) is 1.81. The molecule has 2 aromatic rings. The van der Waals surface area contributed by atoms with Crippen LogP contribution in [0.1, 0.15) is 48.9 Å². The molecule has 0 aliphatic heterocycles. The monoisotopic (exact) mass is 288 g/mol. The molecule has 1 aliphatic rings. The SMILES string of the molecule is Cn1ncc2c(NC3CCCCCC3)c(C(=O)O)cnc21. The normalized spacial score (nSPS) is 16.8. The Bertz CT molecular complexity index is 657. The molecule has 0 aromatic carbocycles. The largest absolute Gasteiger partial charge is 0.478 e. The summed E-state index contributed by atoms with van der Waals surface area (Å²) in [5, 5.41) is 17.8. The van der Waals surface area contributed by atoms with E-state index in [0.29, 0.717) is 17.4 Å². The van der Waals surface area contributed by atoms with Gasteiger partial charge in [-0.1, -0.05) is 25.7 Å². The van der Waals surface area contributed by atoms with Gasteiger partial charge in [0, 0.05) is 19.3 Å². The molecule has 3 rings (SSSR count). The molecular weight excluding hydrogens is 268 g/mol. The zero-order valence-electron chi connectivity index (χ0n) is 12.2. The first-order valence-electron chi connectivity index (χ1n) is 7.47. The number of fused-ring (bicyclic) bond motifs is 1. The fraction of sp³-hybridized carbons (Fsp3) is 0.533. The van der Waals surface area contributed by atoms with E-state index in [0.717, 1.165) is 18.2 Å². The minimum atomic E-state index is -0.954. The number of nitrogens with zero attached hydrogens (tertiary/aromatic N) is 3. The number of anilines is 1. The van der Waals surface area contributed by atoms with Crippen molar-refractivity contribution in [1.29, 1.82) is 0 Å². The molecule has 6 heteroatoms. The van der Waals surface area contributed by atoms with Crippen molar-refractivity contribution in [2.75, 3.05) is 5.32 Å². The standard InChI is InChI=1S/C15H20N4O2/c1-19-14-11(9-17-19)13(12(8-16-14)15(20)21)18-10-6-4-2-3-5-7-10/h8-10H,2-7H2,1H3,(H,16,18)(H,20,21). The third-order valence-electron chi connectivity index (χ3n) is 4.20. The second-order valence-corrected chi connectivity index (χ2v) is 5.69. The van der Waals surface area contributed by atoms with E-state index in [9.17, 15) is 9.90 Å². The maximum absolute atomic E-state index is 11.5. The number of carboxylic acids is 1. The number of carbonyl (C=O) groups is 1. The van der Waals surface area contributed by atoms with Crippen molar-refractivity contribution in [3.63, 3.8) is 0 Å². The van der Waals surface area contributed by atoms with Gasteiger partial charge in [-0.05, 0) is 12.8 Å². The van der Waals surface area contributed by atoms with Gasteiger partial charge in [0.15, 0.2) is 5.65 Å². The summed E-state index contributed by atoms with van der Waals surface area (Å²) < 4.78 is 1.67. The van der Waals surface area contributed by atoms with Crippen LogP contribution in [0, 0.1) is 0 Å². The third kappa shape index (κ3) is 2.70. The maximum atomic E-state index is 11.5. The highest BCUT2D eigenvalue weighted by atomic mass is 16.4. The maximum Gasteiger partial charge on any atom is 0.339 e. The van der Waals surface area contributed by atoms with Gasteiger partial charge in [-0.25, -0.2) is 9.78 Å². The average Bonchev–Trinajstić information content (AvgIpc) is 2.68. The molecule has 0 spiro atoms. The van der Waals surface area contributed by atoms with Crippen LogP contribution in [0.2, 0.25) is 0 Å². The molecule has 0 amide bonds. The molecular formula is C15H20N4O2. The van der Waals surface area contributed by atoms with E-state index in [1.807, 2.05) is 7.05 Å². The fourth-order valence-corrected chi connectivity index (χ4v) is 3.04. The number of hydrogen-bond acceptors (Lipinski definition) is 4. The quantitative estimate of drug-likeness (QED) is 0.849. The molecule has 0 bridgehead atoms. The van der Waals surface area contributed by atoms with Crippen molar-refractivity contribution in [1.82, 2.24) is 14.8 Å². The Morgan fingerprint density at radius 3 is 2.67 bits per heavy atom. The van der Waals surface area contributed by atoms with Crippen LogP contribution < -0.4 is 5.32 Å². The van der Waals surface area contributed by atoms with Crippen molar-refractivity contribution in [3.8, 4) is 0 Å². The molecule has 0 atom stereocenters. The molecule has 2 heterocycles. The molecule has 0 saturated heterocycles. The number of aryl methyl sites for hydroxylation is 1. The number of nitrogens with one attached hydrogen (secondary N) is 1. The fourth-order valence-electron chi connectivity index (χ4n) is 3.04. The van der Waals surface area contributed by atoms with Gasteiger partial charge in [-0.2, -0.15) is 5.10 Å². The van der Waals surface area contributed by atoms with Crippen LogP contribution in [0.4, 0.5) is 5.69 Å². The van der Waals surface area contributed by atoms with Crippen LogP contribution in [0.5, 0.6) is 0 Å². The van der Waals surface area contributed by atoms with E-state index >= 15 is 0 Å². The van der Waals surface area contributed by atoms with Crippen LogP contribution in [0.25, 0.3) is 11.0 Å². The molecule has 0 radical (unpaired) electrons. The summed E-state index contributed by atoms with van der Waals surface area (Å²) in [6.07, 6.45) is 10.2. The van der Waals surface area contributed by atoms with Crippen molar-refractivity contribution >= 4 is 22.7 Å². The van der Waals surface area contributed by atoms with Gasteiger partial charge in [0.05, 0.1) is 17.3 Å². The Kier molecular flexibility index (Phi) is 3.77. The Morgan fingerprint density at radius 1 is 1.29 bits per heavy atom. The lowest BCUT2D eigenvalue weighted by Gasteiger charge is -2.19. The number of aromatic carboxylic acids is 1. The molecule has 1 saturated carbocycles. The number of carboxylic acid groups (broad SMARTS) is 1. The molecule has 0 unspecified atom stereocenters. The lowest BCUT2D eigenvalue weighted by molar-refractivity contribution is 0.0697. The van der Waals surface area contributed by atoms with Crippen molar-refractivity contribution in [3.05, 3.63) is 18.0 Å². The Labute approximate surface area is 123 Å². The van der Waals surface area contributed by atoms with Gasteiger partial charge in [0.2, 0.25) is 0 Å². The van der Waals surface area contributed by atoms with E-state index in [1.165, 1.54) is 31.9 Å². The first kappa shape index (κ1) is 13.9. The molecule has 1 aliphatic carbocycles. The predicted octanol–water partition coefficient (Wildman–Crippen LogP) is 2.80. The smallest absolute Gasteiger partial charge is 0.339 e. The summed E-state index contributed by atoms with van der Waals surface area (Å²) in [6, 6.07) is 0.330. The highest BCUT2D eigenvalue weighted by Crippen LogP contribution is 2.29. The minimum Gasteiger partial charge on any atom is -0.478 e. The summed E-state index contributed by atoms with van der Waals surface area (Å²) in [6.45, 7) is 0. The molecule has 2 aromatic heterocycles. The van der Waals surface area contributed by atoms with Crippen LogP contribution in [-0.4, -0.2) is 31.9 Å². The second-order valence-electron chi connectivity index (χ2n) is 5.69. The number of rotatable bonds is 3. The molecule has 6 nitrogen and oxygen atoms in total. The Balaban J connectivity index is 2.01. The van der Waals surface area contributed by atoms with Crippen LogP contribution in [-0.2, 0) is 7.05 Å². The molecule has 1 fully saturated rings. The van der Waals surface area contributed by atoms with Gasteiger partial charge in [-0.3, -0.25) is 4.68 Å².